The number of rotatable bonds is 5. The first-order valence-corrected chi connectivity index (χ1v) is 10.7. The third-order valence-electron chi connectivity index (χ3n) is 5.44. The number of aryl methyl sites for hydroxylation is 1. The van der Waals surface area contributed by atoms with Gasteiger partial charge >= 0.3 is 0 Å². The minimum Gasteiger partial charge on any atom is -0.484 e. The largest absolute Gasteiger partial charge is 0.484 e. The minimum atomic E-state index is -0.175. The Morgan fingerprint density at radius 1 is 1.00 bits per heavy atom. The molecule has 2 aromatic carbocycles. The Morgan fingerprint density at radius 2 is 1.69 bits per heavy atom. The monoisotopic (exact) mass is 453 g/mol. The SMILES string of the molecule is Cc1cccc(-n2nnc(C(=O)N3CCN(C(=O)COc4ccc(Cl)cc4)CC3)c2C)c1. The normalized spacial score (nSPS) is 13.8. The number of carbonyl (C=O) groups is 2. The van der Waals surface area contributed by atoms with Crippen molar-refractivity contribution >= 4 is 23.4 Å². The van der Waals surface area contributed by atoms with Crippen molar-refractivity contribution in [1.29, 1.82) is 0 Å². The summed E-state index contributed by atoms with van der Waals surface area (Å²) in [5.74, 6) is 0.295. The molecule has 0 spiro atoms. The van der Waals surface area contributed by atoms with Crippen molar-refractivity contribution < 1.29 is 14.3 Å². The number of ether oxygens (including phenoxy) is 1. The van der Waals surface area contributed by atoms with E-state index in [4.69, 9.17) is 16.3 Å². The van der Waals surface area contributed by atoms with Gasteiger partial charge < -0.3 is 14.5 Å². The van der Waals surface area contributed by atoms with Gasteiger partial charge in [-0.05, 0) is 55.8 Å². The number of amides is 2. The van der Waals surface area contributed by atoms with E-state index in [0.717, 1.165) is 11.3 Å². The number of hydrogen-bond acceptors (Lipinski definition) is 5. The fourth-order valence-electron chi connectivity index (χ4n) is 3.61. The predicted octanol–water partition coefficient (Wildman–Crippen LogP) is 2.90. The summed E-state index contributed by atoms with van der Waals surface area (Å²) in [4.78, 5) is 28.9. The molecule has 0 atom stereocenters. The molecule has 3 aromatic rings. The molecule has 1 saturated heterocycles. The lowest BCUT2D eigenvalue weighted by Gasteiger charge is -2.34. The Balaban J connectivity index is 1.33. The second kappa shape index (κ2) is 9.40. The summed E-state index contributed by atoms with van der Waals surface area (Å²) in [6.07, 6.45) is 0. The van der Waals surface area contributed by atoms with E-state index < -0.39 is 0 Å². The molecule has 166 valence electrons. The van der Waals surface area contributed by atoms with Crippen LogP contribution in [-0.4, -0.2) is 69.4 Å². The second-order valence-electron chi connectivity index (χ2n) is 7.69. The van der Waals surface area contributed by atoms with Gasteiger partial charge in [0.05, 0.1) is 11.4 Å². The lowest BCUT2D eigenvalue weighted by atomic mass is 10.2. The minimum absolute atomic E-state index is 0.0560. The zero-order chi connectivity index (χ0) is 22.7. The topological polar surface area (TPSA) is 80.6 Å². The number of aromatic nitrogens is 3. The first-order chi connectivity index (χ1) is 15.4. The highest BCUT2D eigenvalue weighted by Crippen LogP contribution is 2.17. The van der Waals surface area contributed by atoms with Crippen LogP contribution in [-0.2, 0) is 4.79 Å². The molecule has 32 heavy (non-hydrogen) atoms. The van der Waals surface area contributed by atoms with Gasteiger partial charge in [0.25, 0.3) is 11.8 Å². The molecular formula is C23H24ClN5O3. The zero-order valence-electron chi connectivity index (χ0n) is 18.0. The van der Waals surface area contributed by atoms with Gasteiger partial charge in [-0.25, -0.2) is 4.68 Å². The van der Waals surface area contributed by atoms with Gasteiger partial charge in [0.1, 0.15) is 5.75 Å². The van der Waals surface area contributed by atoms with Crippen LogP contribution in [0.1, 0.15) is 21.7 Å². The van der Waals surface area contributed by atoms with Gasteiger partial charge in [0, 0.05) is 31.2 Å². The van der Waals surface area contributed by atoms with Crippen molar-refractivity contribution in [3.63, 3.8) is 0 Å². The van der Waals surface area contributed by atoms with Crippen molar-refractivity contribution in [1.82, 2.24) is 24.8 Å². The van der Waals surface area contributed by atoms with E-state index in [9.17, 15) is 9.59 Å². The Kier molecular flexibility index (Phi) is 6.41. The standard InChI is InChI=1S/C23H24ClN5O3/c1-16-4-3-5-19(14-16)29-17(2)22(25-26-29)23(31)28-12-10-27(11-13-28)21(30)15-32-20-8-6-18(24)7-9-20/h3-9,14H,10-13,15H2,1-2H3. The maximum atomic E-state index is 13.0. The zero-order valence-corrected chi connectivity index (χ0v) is 18.7. The molecule has 0 unspecified atom stereocenters. The Hall–Kier alpha value is -3.39. The van der Waals surface area contributed by atoms with Gasteiger partial charge in [0.2, 0.25) is 0 Å². The molecule has 0 radical (unpaired) electrons. The van der Waals surface area contributed by atoms with Crippen LogP contribution in [0.3, 0.4) is 0 Å². The van der Waals surface area contributed by atoms with Crippen molar-refractivity contribution in [3.8, 4) is 11.4 Å². The molecule has 1 aliphatic heterocycles. The predicted molar refractivity (Wildman–Crippen MR) is 120 cm³/mol. The van der Waals surface area contributed by atoms with Crippen LogP contribution in [0, 0.1) is 13.8 Å². The van der Waals surface area contributed by atoms with Crippen LogP contribution in [0.25, 0.3) is 5.69 Å². The quantitative estimate of drug-likeness (QED) is 0.593. The van der Waals surface area contributed by atoms with E-state index >= 15 is 0 Å². The number of nitrogens with zero attached hydrogens (tertiary/aromatic N) is 5. The number of piperazine rings is 1. The molecule has 9 heteroatoms. The summed E-state index contributed by atoms with van der Waals surface area (Å²) >= 11 is 5.86. The number of benzene rings is 2. The molecule has 1 aromatic heterocycles. The maximum Gasteiger partial charge on any atom is 0.276 e. The van der Waals surface area contributed by atoms with Crippen molar-refractivity contribution in [2.75, 3.05) is 32.8 Å². The molecule has 2 amide bonds. The van der Waals surface area contributed by atoms with E-state index in [0.29, 0.717) is 48.3 Å². The molecule has 2 heterocycles. The summed E-state index contributed by atoms with van der Waals surface area (Å²) in [5.41, 5.74) is 2.99. The van der Waals surface area contributed by atoms with Gasteiger partial charge in [-0.2, -0.15) is 0 Å². The van der Waals surface area contributed by atoms with Gasteiger partial charge in [-0.1, -0.05) is 28.9 Å². The summed E-state index contributed by atoms with van der Waals surface area (Å²) in [5, 5.41) is 8.92. The second-order valence-corrected chi connectivity index (χ2v) is 8.13. The van der Waals surface area contributed by atoms with E-state index in [2.05, 4.69) is 10.3 Å². The van der Waals surface area contributed by atoms with Crippen LogP contribution < -0.4 is 4.74 Å². The Morgan fingerprint density at radius 3 is 2.38 bits per heavy atom. The van der Waals surface area contributed by atoms with E-state index in [-0.39, 0.29) is 18.4 Å². The first-order valence-electron chi connectivity index (χ1n) is 10.4. The summed E-state index contributed by atoms with van der Waals surface area (Å²) in [7, 11) is 0. The average Bonchev–Trinajstić information content (AvgIpc) is 3.19. The van der Waals surface area contributed by atoms with Crippen LogP contribution in [0.15, 0.2) is 48.5 Å². The Labute approximate surface area is 191 Å². The van der Waals surface area contributed by atoms with Crippen LogP contribution in [0.2, 0.25) is 5.02 Å². The van der Waals surface area contributed by atoms with E-state index in [1.54, 1.807) is 38.7 Å². The molecular weight excluding hydrogens is 430 g/mol. The van der Waals surface area contributed by atoms with Crippen LogP contribution >= 0.6 is 11.6 Å². The molecule has 1 fully saturated rings. The van der Waals surface area contributed by atoms with Crippen molar-refractivity contribution in [2.45, 2.75) is 13.8 Å². The number of hydrogen-bond donors (Lipinski definition) is 0. The van der Waals surface area contributed by atoms with Crippen molar-refractivity contribution in [2.24, 2.45) is 0 Å². The van der Waals surface area contributed by atoms with E-state index in [1.165, 1.54) is 0 Å². The van der Waals surface area contributed by atoms with Crippen LogP contribution in [0.5, 0.6) is 5.75 Å². The highest BCUT2D eigenvalue weighted by Gasteiger charge is 2.28. The molecule has 0 saturated carbocycles. The lowest BCUT2D eigenvalue weighted by Crippen LogP contribution is -2.51. The molecule has 0 bridgehead atoms. The highest BCUT2D eigenvalue weighted by molar-refractivity contribution is 6.30. The molecule has 1 aliphatic rings. The summed E-state index contributed by atoms with van der Waals surface area (Å²) < 4.78 is 7.21. The van der Waals surface area contributed by atoms with Crippen LogP contribution in [0.4, 0.5) is 0 Å². The van der Waals surface area contributed by atoms with Gasteiger partial charge in [-0.3, -0.25) is 9.59 Å². The lowest BCUT2D eigenvalue weighted by molar-refractivity contribution is -0.134. The molecule has 8 nitrogen and oxygen atoms in total. The van der Waals surface area contributed by atoms with Crippen molar-refractivity contribution in [3.05, 3.63) is 70.5 Å². The molecule has 4 rings (SSSR count). The third-order valence-corrected chi connectivity index (χ3v) is 5.69. The third kappa shape index (κ3) is 4.75. The Bertz CT molecular complexity index is 1120. The molecule has 0 N–H and O–H groups in total. The summed E-state index contributed by atoms with van der Waals surface area (Å²) in [6.45, 7) is 5.54. The number of carbonyl (C=O) groups excluding carboxylic acids is 2. The highest BCUT2D eigenvalue weighted by atomic mass is 35.5. The smallest absolute Gasteiger partial charge is 0.276 e. The fourth-order valence-corrected chi connectivity index (χ4v) is 3.73. The first kappa shape index (κ1) is 21.8. The number of halogens is 1. The maximum absolute atomic E-state index is 13.0. The molecule has 0 aliphatic carbocycles. The van der Waals surface area contributed by atoms with Gasteiger partial charge in [0.15, 0.2) is 12.3 Å². The van der Waals surface area contributed by atoms with Gasteiger partial charge in [-0.15, -0.1) is 5.10 Å². The fraction of sp³-hybridized carbons (Fsp3) is 0.304. The van der Waals surface area contributed by atoms with E-state index in [1.807, 2.05) is 38.1 Å². The average molecular weight is 454 g/mol. The summed E-state index contributed by atoms with van der Waals surface area (Å²) in [6, 6.07) is 14.7.